The molecule has 1 aliphatic rings. The van der Waals surface area contributed by atoms with E-state index in [1.54, 1.807) is 18.7 Å². The van der Waals surface area contributed by atoms with Crippen LogP contribution in [-0.4, -0.2) is 36.0 Å². The second-order valence-electron chi connectivity index (χ2n) is 3.48. The topological polar surface area (TPSA) is 72.6 Å². The van der Waals surface area contributed by atoms with Gasteiger partial charge in [-0.2, -0.15) is 0 Å². The lowest BCUT2D eigenvalue weighted by molar-refractivity contribution is -0.138. The Labute approximate surface area is 88.9 Å². The minimum atomic E-state index is -0.425. The first-order valence-electron chi connectivity index (χ1n) is 4.91. The van der Waals surface area contributed by atoms with Gasteiger partial charge in [0.1, 0.15) is 0 Å². The monoisotopic (exact) mass is 212 g/mol. The van der Waals surface area contributed by atoms with Crippen LogP contribution in [0, 0.1) is 0 Å². The van der Waals surface area contributed by atoms with E-state index in [1.165, 1.54) is 6.92 Å². The summed E-state index contributed by atoms with van der Waals surface area (Å²) in [6, 6.07) is -0.220. The van der Waals surface area contributed by atoms with E-state index < -0.39 is 5.97 Å². The van der Waals surface area contributed by atoms with Crippen LogP contribution in [0.5, 0.6) is 0 Å². The molecule has 1 amide bonds. The fourth-order valence-electron chi connectivity index (χ4n) is 1.60. The summed E-state index contributed by atoms with van der Waals surface area (Å²) in [5.41, 5.74) is 6.60. The van der Waals surface area contributed by atoms with Gasteiger partial charge in [0.05, 0.1) is 24.8 Å². The van der Waals surface area contributed by atoms with Gasteiger partial charge in [0.25, 0.3) is 0 Å². The predicted octanol–water partition coefficient (Wildman–Crippen LogP) is 0.0129. The van der Waals surface area contributed by atoms with Gasteiger partial charge in [-0.05, 0) is 13.8 Å². The lowest BCUT2D eigenvalue weighted by Gasteiger charge is -2.20. The van der Waals surface area contributed by atoms with Crippen LogP contribution in [0.1, 0.15) is 20.8 Å². The zero-order valence-corrected chi connectivity index (χ0v) is 9.24. The average Bonchev–Trinajstić information content (AvgIpc) is 2.45. The van der Waals surface area contributed by atoms with Crippen LogP contribution in [0.4, 0.5) is 0 Å². The van der Waals surface area contributed by atoms with E-state index in [-0.39, 0.29) is 18.5 Å². The van der Waals surface area contributed by atoms with E-state index in [2.05, 4.69) is 0 Å². The standard InChI is InChI=1S/C10H16N2O3/c1-4-15-10(14)8-5-12(7(3)13)6(2)9(8)11/h6H,4-5,11H2,1-3H3. The number of nitrogens with two attached hydrogens (primary N) is 1. The molecule has 1 rings (SSSR count). The normalized spacial score (nSPS) is 20.7. The van der Waals surface area contributed by atoms with E-state index in [1.807, 2.05) is 0 Å². The molecule has 0 aromatic carbocycles. The summed E-state index contributed by atoms with van der Waals surface area (Å²) in [5.74, 6) is -0.518. The highest BCUT2D eigenvalue weighted by atomic mass is 16.5. The zero-order chi connectivity index (χ0) is 11.6. The van der Waals surface area contributed by atoms with E-state index in [9.17, 15) is 9.59 Å². The Balaban J connectivity index is 2.83. The minimum Gasteiger partial charge on any atom is -0.463 e. The Morgan fingerprint density at radius 1 is 1.60 bits per heavy atom. The zero-order valence-electron chi connectivity index (χ0n) is 9.24. The maximum atomic E-state index is 11.5. The Bertz CT molecular complexity index is 323. The van der Waals surface area contributed by atoms with Gasteiger partial charge in [0, 0.05) is 12.6 Å². The number of amides is 1. The highest BCUT2D eigenvalue weighted by molar-refractivity contribution is 5.92. The second kappa shape index (κ2) is 4.33. The summed E-state index contributed by atoms with van der Waals surface area (Å²) in [6.45, 7) is 5.54. The third-order valence-electron chi connectivity index (χ3n) is 2.52. The molecule has 1 heterocycles. The first-order chi connectivity index (χ1) is 6.99. The molecule has 0 fully saturated rings. The smallest absolute Gasteiger partial charge is 0.337 e. The number of esters is 1. The molecule has 84 valence electrons. The molecule has 1 unspecified atom stereocenters. The molecule has 15 heavy (non-hydrogen) atoms. The molecule has 0 bridgehead atoms. The summed E-state index contributed by atoms with van der Waals surface area (Å²) in [5, 5.41) is 0. The molecular weight excluding hydrogens is 196 g/mol. The quantitative estimate of drug-likeness (QED) is 0.654. The van der Waals surface area contributed by atoms with Crippen molar-refractivity contribution in [2.45, 2.75) is 26.8 Å². The van der Waals surface area contributed by atoms with Gasteiger partial charge < -0.3 is 15.4 Å². The third kappa shape index (κ3) is 2.11. The predicted molar refractivity (Wildman–Crippen MR) is 54.7 cm³/mol. The van der Waals surface area contributed by atoms with Crippen molar-refractivity contribution in [1.82, 2.24) is 4.90 Å². The molecule has 0 saturated carbocycles. The Morgan fingerprint density at radius 3 is 2.60 bits per heavy atom. The van der Waals surface area contributed by atoms with Gasteiger partial charge in [0.15, 0.2) is 0 Å². The Morgan fingerprint density at radius 2 is 2.20 bits per heavy atom. The van der Waals surface area contributed by atoms with Crippen molar-refractivity contribution in [3.8, 4) is 0 Å². The second-order valence-corrected chi connectivity index (χ2v) is 3.48. The summed E-state index contributed by atoms with van der Waals surface area (Å²) < 4.78 is 4.86. The molecule has 0 saturated heterocycles. The third-order valence-corrected chi connectivity index (χ3v) is 2.52. The van der Waals surface area contributed by atoms with Crippen molar-refractivity contribution in [2.75, 3.05) is 13.2 Å². The summed E-state index contributed by atoms with van der Waals surface area (Å²) in [7, 11) is 0. The molecule has 0 spiro atoms. The van der Waals surface area contributed by atoms with Crippen molar-refractivity contribution in [3.63, 3.8) is 0 Å². The van der Waals surface area contributed by atoms with Crippen LogP contribution >= 0.6 is 0 Å². The molecule has 0 aliphatic carbocycles. The van der Waals surface area contributed by atoms with Gasteiger partial charge in [-0.25, -0.2) is 4.79 Å². The fraction of sp³-hybridized carbons (Fsp3) is 0.600. The van der Waals surface area contributed by atoms with Crippen molar-refractivity contribution < 1.29 is 14.3 Å². The van der Waals surface area contributed by atoms with Gasteiger partial charge in [-0.1, -0.05) is 0 Å². The summed E-state index contributed by atoms with van der Waals surface area (Å²) in [6.07, 6.45) is 0. The maximum absolute atomic E-state index is 11.5. The van der Waals surface area contributed by atoms with Crippen molar-refractivity contribution >= 4 is 11.9 Å². The van der Waals surface area contributed by atoms with Gasteiger partial charge in [-0.15, -0.1) is 0 Å². The lowest BCUT2D eigenvalue weighted by Crippen LogP contribution is -2.35. The first-order valence-corrected chi connectivity index (χ1v) is 4.91. The molecule has 5 nitrogen and oxygen atoms in total. The number of nitrogens with zero attached hydrogens (tertiary/aromatic N) is 1. The first kappa shape index (κ1) is 11.6. The molecule has 2 N–H and O–H groups in total. The highest BCUT2D eigenvalue weighted by Gasteiger charge is 2.33. The van der Waals surface area contributed by atoms with Crippen molar-refractivity contribution in [2.24, 2.45) is 5.73 Å². The molecule has 1 atom stereocenters. The molecule has 0 aromatic heterocycles. The summed E-state index contributed by atoms with van der Waals surface area (Å²) in [4.78, 5) is 24.2. The Kier molecular flexibility index (Phi) is 3.34. The van der Waals surface area contributed by atoms with Crippen molar-refractivity contribution in [1.29, 1.82) is 0 Å². The van der Waals surface area contributed by atoms with Crippen molar-refractivity contribution in [3.05, 3.63) is 11.3 Å². The van der Waals surface area contributed by atoms with Crippen LogP contribution in [0.15, 0.2) is 11.3 Å². The van der Waals surface area contributed by atoms with Gasteiger partial charge in [-0.3, -0.25) is 4.79 Å². The number of hydrogen-bond donors (Lipinski definition) is 1. The average molecular weight is 212 g/mol. The van der Waals surface area contributed by atoms with Crippen LogP contribution in [0.25, 0.3) is 0 Å². The molecular formula is C10H16N2O3. The van der Waals surface area contributed by atoms with Gasteiger partial charge >= 0.3 is 5.97 Å². The van der Waals surface area contributed by atoms with E-state index in [0.29, 0.717) is 17.9 Å². The minimum absolute atomic E-state index is 0.0928. The van der Waals surface area contributed by atoms with E-state index in [0.717, 1.165) is 0 Å². The number of hydrogen-bond acceptors (Lipinski definition) is 4. The largest absolute Gasteiger partial charge is 0.463 e. The number of carbonyl (C=O) groups is 2. The van der Waals surface area contributed by atoms with Crippen LogP contribution < -0.4 is 5.73 Å². The SMILES string of the molecule is CCOC(=O)C1=C(N)C(C)N(C(C)=O)C1. The number of rotatable bonds is 2. The summed E-state index contributed by atoms with van der Waals surface area (Å²) >= 11 is 0. The number of carbonyl (C=O) groups excluding carboxylic acids is 2. The number of ether oxygens (including phenoxy) is 1. The fourth-order valence-corrected chi connectivity index (χ4v) is 1.60. The van der Waals surface area contributed by atoms with Crippen LogP contribution in [0.3, 0.4) is 0 Å². The maximum Gasteiger partial charge on any atom is 0.337 e. The van der Waals surface area contributed by atoms with E-state index in [4.69, 9.17) is 10.5 Å². The highest BCUT2D eigenvalue weighted by Crippen LogP contribution is 2.21. The van der Waals surface area contributed by atoms with E-state index >= 15 is 0 Å². The van der Waals surface area contributed by atoms with Crippen LogP contribution in [-0.2, 0) is 14.3 Å². The Hall–Kier alpha value is -1.52. The lowest BCUT2D eigenvalue weighted by atomic mass is 10.2. The molecule has 0 aromatic rings. The van der Waals surface area contributed by atoms with Crippen LogP contribution in [0.2, 0.25) is 0 Å². The molecule has 1 aliphatic heterocycles. The molecule has 0 radical (unpaired) electrons. The van der Waals surface area contributed by atoms with Gasteiger partial charge in [0.2, 0.25) is 5.91 Å². The molecule has 5 heteroatoms.